The van der Waals surface area contributed by atoms with Gasteiger partial charge in [0.1, 0.15) is 6.61 Å². The van der Waals surface area contributed by atoms with Crippen LogP contribution in [0, 0.1) is 0 Å². The minimum atomic E-state index is -3.71. The molecule has 7 heteroatoms. The number of hydrogen-bond donors (Lipinski definition) is 0. The van der Waals surface area contributed by atoms with Crippen molar-refractivity contribution >= 4 is 22.1 Å². The van der Waals surface area contributed by atoms with Gasteiger partial charge in [0.15, 0.2) is 0 Å². The van der Waals surface area contributed by atoms with Crippen LogP contribution in [0.15, 0.2) is 65.6 Å². The van der Waals surface area contributed by atoms with Gasteiger partial charge in [-0.25, -0.2) is 13.2 Å². The van der Waals surface area contributed by atoms with Crippen LogP contribution in [0.5, 0.6) is 0 Å². The van der Waals surface area contributed by atoms with Crippen molar-refractivity contribution in [2.24, 2.45) is 0 Å². The van der Waals surface area contributed by atoms with Crippen molar-refractivity contribution in [3.8, 4) is 0 Å². The van der Waals surface area contributed by atoms with Gasteiger partial charge in [0.25, 0.3) is 0 Å². The third kappa shape index (κ3) is 5.53. The molecule has 0 saturated carbocycles. The van der Waals surface area contributed by atoms with Gasteiger partial charge in [0.2, 0.25) is 10.0 Å². The van der Waals surface area contributed by atoms with Gasteiger partial charge in [0, 0.05) is 13.1 Å². The molecule has 2 atom stereocenters. The van der Waals surface area contributed by atoms with E-state index in [2.05, 4.69) is 0 Å². The van der Waals surface area contributed by atoms with Crippen molar-refractivity contribution in [1.82, 2.24) is 4.31 Å². The fourth-order valence-corrected chi connectivity index (χ4v) is 4.85. The lowest BCUT2D eigenvalue weighted by atomic mass is 10.2. The Morgan fingerprint density at radius 2 is 1.79 bits per heavy atom. The Morgan fingerprint density at radius 3 is 2.48 bits per heavy atom. The van der Waals surface area contributed by atoms with Gasteiger partial charge in [0.05, 0.1) is 22.7 Å². The molecule has 1 saturated heterocycles. The summed E-state index contributed by atoms with van der Waals surface area (Å²) in [6.45, 7) is 4.35. The quantitative estimate of drug-likeness (QED) is 0.677. The molecule has 154 valence electrons. The van der Waals surface area contributed by atoms with E-state index < -0.39 is 16.0 Å². The number of rotatable bonds is 6. The maximum atomic E-state index is 13.0. The van der Waals surface area contributed by atoms with Gasteiger partial charge >= 0.3 is 5.97 Å². The van der Waals surface area contributed by atoms with E-state index in [9.17, 15) is 13.2 Å². The summed E-state index contributed by atoms with van der Waals surface area (Å²) in [7, 11) is -3.71. The van der Waals surface area contributed by atoms with Crippen molar-refractivity contribution in [3.05, 3.63) is 71.8 Å². The molecule has 0 aromatic heterocycles. The fourth-order valence-electron chi connectivity index (χ4n) is 3.22. The van der Waals surface area contributed by atoms with E-state index in [1.807, 2.05) is 50.3 Å². The number of sulfonamides is 1. The lowest BCUT2D eigenvalue weighted by molar-refractivity contribution is -0.0440. The molecular formula is C22H25NO5S. The van der Waals surface area contributed by atoms with Crippen LogP contribution in [0.2, 0.25) is 0 Å². The number of carbonyl (C=O) groups excluding carboxylic acids is 1. The molecule has 1 aliphatic rings. The average Bonchev–Trinajstić information content (AvgIpc) is 2.71. The van der Waals surface area contributed by atoms with Crippen molar-refractivity contribution in [2.45, 2.75) is 31.0 Å². The topological polar surface area (TPSA) is 72.9 Å². The Balaban J connectivity index is 1.66. The van der Waals surface area contributed by atoms with Crippen LogP contribution in [-0.4, -0.2) is 50.6 Å². The summed E-state index contributed by atoms with van der Waals surface area (Å²) in [5.41, 5.74) is 1.21. The molecule has 3 rings (SSSR count). The highest BCUT2D eigenvalue weighted by atomic mass is 32.2. The first kappa shape index (κ1) is 21.2. The third-order valence-corrected chi connectivity index (χ3v) is 6.34. The molecule has 1 heterocycles. The lowest BCUT2D eigenvalue weighted by Crippen LogP contribution is -2.48. The highest BCUT2D eigenvalue weighted by molar-refractivity contribution is 7.89. The number of esters is 1. The summed E-state index contributed by atoms with van der Waals surface area (Å²) in [4.78, 5) is 12.4. The summed E-state index contributed by atoms with van der Waals surface area (Å²) in [5.74, 6) is -0.566. The van der Waals surface area contributed by atoms with Crippen molar-refractivity contribution in [3.63, 3.8) is 0 Å². The molecule has 0 N–H and O–H groups in total. The zero-order valence-corrected chi connectivity index (χ0v) is 17.3. The Morgan fingerprint density at radius 1 is 1.10 bits per heavy atom. The van der Waals surface area contributed by atoms with E-state index in [0.29, 0.717) is 0 Å². The second kappa shape index (κ2) is 9.35. The molecular weight excluding hydrogens is 390 g/mol. The Kier molecular flexibility index (Phi) is 6.84. The first-order chi connectivity index (χ1) is 13.9. The predicted molar refractivity (Wildman–Crippen MR) is 111 cm³/mol. The molecule has 0 radical (unpaired) electrons. The van der Waals surface area contributed by atoms with Gasteiger partial charge in [-0.1, -0.05) is 42.5 Å². The summed E-state index contributed by atoms with van der Waals surface area (Å²) < 4.78 is 38.2. The second-order valence-corrected chi connectivity index (χ2v) is 8.96. The minimum Gasteiger partial charge on any atom is -0.458 e. The van der Waals surface area contributed by atoms with E-state index in [4.69, 9.17) is 9.47 Å². The molecule has 0 spiro atoms. The van der Waals surface area contributed by atoms with E-state index in [1.54, 1.807) is 18.2 Å². The van der Waals surface area contributed by atoms with Gasteiger partial charge in [-0.2, -0.15) is 4.31 Å². The zero-order chi connectivity index (χ0) is 20.9. The predicted octanol–water partition coefficient (Wildman–Crippen LogP) is 3.35. The molecule has 0 amide bonds. The van der Waals surface area contributed by atoms with Crippen molar-refractivity contribution < 1.29 is 22.7 Å². The minimum absolute atomic E-state index is 0.0769. The van der Waals surface area contributed by atoms with E-state index in [1.165, 1.54) is 16.4 Å². The normalized spacial score (nSPS) is 20.6. The average molecular weight is 416 g/mol. The van der Waals surface area contributed by atoms with Crippen LogP contribution < -0.4 is 0 Å². The van der Waals surface area contributed by atoms with Crippen LogP contribution in [-0.2, 0) is 19.5 Å². The van der Waals surface area contributed by atoms with E-state index in [-0.39, 0.29) is 42.4 Å². The molecule has 2 aromatic rings. The molecule has 6 nitrogen and oxygen atoms in total. The lowest BCUT2D eigenvalue weighted by Gasteiger charge is -2.34. The highest BCUT2D eigenvalue weighted by Crippen LogP contribution is 2.22. The maximum Gasteiger partial charge on any atom is 0.338 e. The zero-order valence-electron chi connectivity index (χ0n) is 16.5. The van der Waals surface area contributed by atoms with Gasteiger partial charge in [-0.15, -0.1) is 0 Å². The summed E-state index contributed by atoms with van der Waals surface area (Å²) in [6.07, 6.45) is 3.23. The third-order valence-electron chi connectivity index (χ3n) is 4.51. The van der Waals surface area contributed by atoms with Crippen LogP contribution in [0.25, 0.3) is 6.08 Å². The molecule has 1 fully saturated rings. The monoisotopic (exact) mass is 415 g/mol. The van der Waals surface area contributed by atoms with E-state index >= 15 is 0 Å². The number of benzene rings is 2. The number of carbonyl (C=O) groups is 1. The number of hydrogen-bond acceptors (Lipinski definition) is 5. The standard InChI is InChI=1S/C22H25NO5S/c1-17-15-23(16-18(2)28-17)29(25,26)21-12-6-11-20(14-21)22(24)27-13-7-10-19-8-4-3-5-9-19/h3-12,14,17-18H,13,15-16H2,1-2H3/b10-7+/t17-,18-/m0/s1. The molecule has 0 aliphatic carbocycles. The Hall–Kier alpha value is -2.48. The largest absolute Gasteiger partial charge is 0.458 e. The number of nitrogens with zero attached hydrogens (tertiary/aromatic N) is 1. The number of morpholine rings is 1. The summed E-state index contributed by atoms with van der Waals surface area (Å²) in [6, 6.07) is 15.6. The van der Waals surface area contributed by atoms with E-state index in [0.717, 1.165) is 5.56 Å². The molecule has 0 unspecified atom stereocenters. The van der Waals surface area contributed by atoms with Crippen molar-refractivity contribution in [1.29, 1.82) is 0 Å². The SMILES string of the molecule is C[C@H]1CN(S(=O)(=O)c2cccc(C(=O)OC/C=C/c3ccccc3)c2)C[C@H](C)O1. The highest BCUT2D eigenvalue weighted by Gasteiger charge is 2.32. The fraction of sp³-hybridized carbons (Fsp3) is 0.318. The maximum absolute atomic E-state index is 13.0. The molecule has 29 heavy (non-hydrogen) atoms. The molecule has 0 bridgehead atoms. The first-order valence-electron chi connectivity index (χ1n) is 9.50. The van der Waals surface area contributed by atoms with Gasteiger partial charge < -0.3 is 9.47 Å². The van der Waals surface area contributed by atoms with Gasteiger partial charge in [-0.3, -0.25) is 0 Å². The van der Waals surface area contributed by atoms with Crippen LogP contribution >= 0.6 is 0 Å². The Bertz CT molecular complexity index is 962. The smallest absolute Gasteiger partial charge is 0.338 e. The van der Waals surface area contributed by atoms with Crippen LogP contribution in [0.4, 0.5) is 0 Å². The van der Waals surface area contributed by atoms with Gasteiger partial charge in [-0.05, 0) is 43.7 Å². The Labute approximate surface area is 171 Å². The van der Waals surface area contributed by atoms with Crippen molar-refractivity contribution in [2.75, 3.05) is 19.7 Å². The summed E-state index contributed by atoms with van der Waals surface area (Å²) >= 11 is 0. The first-order valence-corrected chi connectivity index (χ1v) is 10.9. The summed E-state index contributed by atoms with van der Waals surface area (Å²) in [5, 5.41) is 0. The number of ether oxygens (including phenoxy) is 2. The van der Waals surface area contributed by atoms with Crippen LogP contribution in [0.3, 0.4) is 0 Å². The van der Waals surface area contributed by atoms with Crippen LogP contribution in [0.1, 0.15) is 29.8 Å². The molecule has 2 aromatic carbocycles. The second-order valence-electron chi connectivity index (χ2n) is 7.02. The molecule has 1 aliphatic heterocycles.